The van der Waals surface area contributed by atoms with Gasteiger partial charge in [0.15, 0.2) is 5.75 Å². The van der Waals surface area contributed by atoms with Crippen LogP contribution in [-0.4, -0.2) is 15.9 Å². The number of benzene rings is 3. The van der Waals surface area contributed by atoms with Gasteiger partial charge >= 0.3 is 5.69 Å². The summed E-state index contributed by atoms with van der Waals surface area (Å²) in [6.45, 7) is 5.31. The minimum atomic E-state index is -1.09. The van der Waals surface area contributed by atoms with Crippen molar-refractivity contribution in [2.75, 3.05) is 0 Å². The molecule has 3 aromatic rings. The number of rotatable bonds is 6. The van der Waals surface area contributed by atoms with E-state index >= 15 is 0 Å². The summed E-state index contributed by atoms with van der Waals surface area (Å²) in [5, 5.41) is 24.7. The summed E-state index contributed by atoms with van der Waals surface area (Å²) in [5.74, 6) is -0.750. The highest BCUT2D eigenvalue weighted by molar-refractivity contribution is 6.30. The highest BCUT2D eigenvalue weighted by atomic mass is 35.5. The smallest absolute Gasteiger partial charge is 0.311 e. The molecule has 1 atom stereocenters. The van der Waals surface area contributed by atoms with Crippen LogP contribution in [0.4, 0.5) is 5.69 Å². The molecule has 1 amide bonds. The van der Waals surface area contributed by atoms with Gasteiger partial charge in [0.2, 0.25) is 5.91 Å². The number of aromatic hydroxyl groups is 1. The van der Waals surface area contributed by atoms with E-state index in [4.69, 9.17) is 11.6 Å². The molecule has 0 saturated carbocycles. The third kappa shape index (κ3) is 4.70. The summed E-state index contributed by atoms with van der Waals surface area (Å²) >= 11 is 6.12. The van der Waals surface area contributed by atoms with Crippen molar-refractivity contribution in [2.24, 2.45) is 0 Å². The number of hydrogen-bond acceptors (Lipinski definition) is 4. The lowest BCUT2D eigenvalue weighted by Gasteiger charge is -2.29. The lowest BCUT2D eigenvalue weighted by Crippen LogP contribution is -2.42. The summed E-state index contributed by atoms with van der Waals surface area (Å²) in [4.78, 5) is 23.9. The topological polar surface area (TPSA) is 92.5 Å². The third-order valence-corrected chi connectivity index (χ3v) is 5.65. The summed E-state index contributed by atoms with van der Waals surface area (Å²) in [7, 11) is 0. The number of hydrogen-bond donors (Lipinski definition) is 2. The van der Waals surface area contributed by atoms with Crippen molar-refractivity contribution >= 4 is 23.2 Å². The first-order chi connectivity index (χ1) is 14.6. The first-order valence-electron chi connectivity index (χ1n) is 9.71. The van der Waals surface area contributed by atoms with Crippen LogP contribution in [0.15, 0.2) is 66.7 Å². The Balaban J connectivity index is 2.00. The van der Waals surface area contributed by atoms with Crippen molar-refractivity contribution in [3.63, 3.8) is 0 Å². The van der Waals surface area contributed by atoms with E-state index in [1.54, 1.807) is 19.9 Å². The molecule has 0 heterocycles. The summed E-state index contributed by atoms with van der Waals surface area (Å²) < 4.78 is 0. The molecule has 6 nitrogen and oxygen atoms in total. The molecule has 0 spiro atoms. The zero-order valence-electron chi connectivity index (χ0n) is 17.4. The number of nitrogens with zero attached hydrogens (tertiary/aromatic N) is 1. The lowest BCUT2D eigenvalue weighted by molar-refractivity contribution is -0.385. The molecular formula is C24H23ClN2O4. The average Bonchev–Trinajstić information content (AvgIpc) is 2.73. The number of amides is 1. The molecule has 0 radical (unpaired) electrons. The van der Waals surface area contributed by atoms with Crippen molar-refractivity contribution in [3.05, 3.63) is 104 Å². The van der Waals surface area contributed by atoms with E-state index in [0.29, 0.717) is 10.6 Å². The maximum absolute atomic E-state index is 13.4. The Kier molecular flexibility index (Phi) is 6.32. The van der Waals surface area contributed by atoms with Gasteiger partial charge in [-0.15, -0.1) is 0 Å². The van der Waals surface area contributed by atoms with E-state index in [0.717, 1.165) is 16.7 Å². The van der Waals surface area contributed by atoms with E-state index in [1.165, 1.54) is 18.2 Å². The maximum Gasteiger partial charge on any atom is 0.311 e. The highest BCUT2D eigenvalue weighted by Gasteiger charge is 2.34. The van der Waals surface area contributed by atoms with Crippen LogP contribution in [0.3, 0.4) is 0 Å². The number of phenols is 1. The van der Waals surface area contributed by atoms with E-state index < -0.39 is 27.8 Å². The standard InChI is InChI=1S/C24H23ClN2O4/c1-15-13-18(25)10-11-19(15)22(16-7-5-4-6-8-16)26-23(29)24(2,3)17-9-12-21(28)20(14-17)27(30)31/h4-14,22,28H,1-3H3,(H,26,29). The zero-order chi connectivity index (χ0) is 22.8. The lowest BCUT2D eigenvalue weighted by atomic mass is 9.82. The zero-order valence-corrected chi connectivity index (χ0v) is 18.2. The monoisotopic (exact) mass is 438 g/mol. The van der Waals surface area contributed by atoms with Crippen LogP contribution in [-0.2, 0) is 10.2 Å². The van der Waals surface area contributed by atoms with Crippen LogP contribution >= 0.6 is 11.6 Å². The van der Waals surface area contributed by atoms with E-state index in [2.05, 4.69) is 5.32 Å². The maximum atomic E-state index is 13.4. The second-order valence-corrected chi connectivity index (χ2v) is 8.34. The van der Waals surface area contributed by atoms with Gasteiger partial charge in [-0.2, -0.15) is 0 Å². The van der Waals surface area contributed by atoms with Crippen LogP contribution in [0.2, 0.25) is 5.02 Å². The van der Waals surface area contributed by atoms with E-state index in [-0.39, 0.29) is 5.91 Å². The quantitative estimate of drug-likeness (QED) is 0.395. The molecule has 7 heteroatoms. The van der Waals surface area contributed by atoms with Gasteiger partial charge in [-0.25, -0.2) is 0 Å². The summed E-state index contributed by atoms with van der Waals surface area (Å²) in [6, 6.07) is 18.6. The SMILES string of the molecule is Cc1cc(Cl)ccc1C(NC(=O)C(C)(C)c1ccc(O)c([N+](=O)[O-])c1)c1ccccc1. The Morgan fingerprint density at radius 2 is 1.77 bits per heavy atom. The number of halogens is 1. The van der Waals surface area contributed by atoms with Crippen LogP contribution in [0.5, 0.6) is 5.75 Å². The van der Waals surface area contributed by atoms with Crippen LogP contribution in [0.25, 0.3) is 0 Å². The van der Waals surface area contributed by atoms with Gasteiger partial charge in [-0.3, -0.25) is 14.9 Å². The number of phenolic OH excluding ortho intramolecular Hbond substituents is 1. The molecule has 0 bridgehead atoms. The van der Waals surface area contributed by atoms with Crippen molar-refractivity contribution in [3.8, 4) is 5.75 Å². The molecular weight excluding hydrogens is 416 g/mol. The van der Waals surface area contributed by atoms with Gasteiger partial charge in [0.25, 0.3) is 0 Å². The van der Waals surface area contributed by atoms with Crippen molar-refractivity contribution < 1.29 is 14.8 Å². The molecule has 0 aliphatic rings. The summed E-state index contributed by atoms with van der Waals surface area (Å²) in [5.41, 5.74) is 1.62. The molecule has 0 saturated heterocycles. The largest absolute Gasteiger partial charge is 0.502 e. The van der Waals surface area contributed by atoms with Gasteiger partial charge in [0.1, 0.15) is 0 Å². The first-order valence-corrected chi connectivity index (χ1v) is 10.1. The molecule has 160 valence electrons. The van der Waals surface area contributed by atoms with Gasteiger partial charge in [0, 0.05) is 11.1 Å². The minimum absolute atomic E-state index is 0.310. The molecule has 0 fully saturated rings. The third-order valence-electron chi connectivity index (χ3n) is 5.41. The van der Waals surface area contributed by atoms with E-state index in [9.17, 15) is 20.0 Å². The Labute approximate surface area is 185 Å². The fraction of sp³-hybridized carbons (Fsp3) is 0.208. The molecule has 0 aromatic heterocycles. The average molecular weight is 439 g/mol. The van der Waals surface area contributed by atoms with Gasteiger partial charge in [0.05, 0.1) is 16.4 Å². The Morgan fingerprint density at radius 3 is 2.39 bits per heavy atom. The number of nitrogens with one attached hydrogen (secondary N) is 1. The van der Waals surface area contributed by atoms with Gasteiger partial charge in [-0.05, 0) is 61.2 Å². The number of carbonyl (C=O) groups excluding carboxylic acids is 1. The second-order valence-electron chi connectivity index (χ2n) is 7.90. The molecule has 3 aromatic carbocycles. The summed E-state index contributed by atoms with van der Waals surface area (Å²) in [6.07, 6.45) is 0. The second kappa shape index (κ2) is 8.78. The molecule has 0 aliphatic heterocycles. The van der Waals surface area contributed by atoms with Crippen molar-refractivity contribution in [2.45, 2.75) is 32.2 Å². The molecule has 2 N–H and O–H groups in total. The van der Waals surface area contributed by atoms with Crippen LogP contribution in [0, 0.1) is 17.0 Å². The predicted molar refractivity (Wildman–Crippen MR) is 120 cm³/mol. The van der Waals surface area contributed by atoms with Gasteiger partial charge in [-0.1, -0.05) is 54.1 Å². The predicted octanol–water partition coefficient (Wildman–Crippen LogP) is 5.45. The fourth-order valence-corrected chi connectivity index (χ4v) is 3.68. The van der Waals surface area contributed by atoms with Crippen molar-refractivity contribution in [1.82, 2.24) is 5.32 Å². The number of carbonyl (C=O) groups is 1. The number of aryl methyl sites for hydroxylation is 1. The fourth-order valence-electron chi connectivity index (χ4n) is 3.45. The van der Waals surface area contributed by atoms with Crippen LogP contribution in [0.1, 0.15) is 42.1 Å². The molecule has 31 heavy (non-hydrogen) atoms. The molecule has 1 unspecified atom stereocenters. The molecule has 3 rings (SSSR count). The minimum Gasteiger partial charge on any atom is -0.502 e. The number of nitro groups is 1. The van der Waals surface area contributed by atoms with Crippen LogP contribution < -0.4 is 5.32 Å². The van der Waals surface area contributed by atoms with Gasteiger partial charge < -0.3 is 10.4 Å². The van der Waals surface area contributed by atoms with E-state index in [1.807, 2.05) is 49.4 Å². The Bertz CT molecular complexity index is 1130. The Hall–Kier alpha value is -3.38. The normalized spacial score (nSPS) is 12.3. The highest BCUT2D eigenvalue weighted by Crippen LogP contribution is 2.34. The molecule has 0 aliphatic carbocycles. The first kappa shape index (κ1) is 22.3. The number of nitro benzene ring substituents is 1. The Morgan fingerprint density at radius 1 is 1.10 bits per heavy atom. The van der Waals surface area contributed by atoms with Crippen molar-refractivity contribution in [1.29, 1.82) is 0 Å².